The number of anilines is 1. The van der Waals surface area contributed by atoms with E-state index in [9.17, 15) is 8.78 Å². The Morgan fingerprint density at radius 3 is 2.52 bits per heavy atom. The summed E-state index contributed by atoms with van der Waals surface area (Å²) in [6, 6.07) is 7.71. The highest BCUT2D eigenvalue weighted by Crippen LogP contribution is 2.30. The van der Waals surface area contributed by atoms with Crippen LogP contribution < -0.4 is 14.8 Å². The predicted octanol–water partition coefficient (Wildman–Crippen LogP) is 4.36. The highest BCUT2D eigenvalue weighted by atomic mass is 79.9. The van der Waals surface area contributed by atoms with Crippen LogP contribution in [0, 0.1) is 11.6 Å². The molecule has 0 unspecified atom stereocenters. The summed E-state index contributed by atoms with van der Waals surface area (Å²) in [4.78, 5) is 0. The van der Waals surface area contributed by atoms with E-state index in [4.69, 9.17) is 9.47 Å². The first-order chi connectivity index (χ1) is 10.1. The van der Waals surface area contributed by atoms with E-state index in [1.165, 1.54) is 19.2 Å². The Hall–Kier alpha value is -1.82. The lowest BCUT2D eigenvalue weighted by Crippen LogP contribution is -2.06. The van der Waals surface area contributed by atoms with Crippen molar-refractivity contribution in [2.24, 2.45) is 0 Å². The van der Waals surface area contributed by atoms with Crippen molar-refractivity contribution < 1.29 is 18.3 Å². The van der Waals surface area contributed by atoms with Gasteiger partial charge in [-0.3, -0.25) is 0 Å². The molecule has 21 heavy (non-hydrogen) atoms. The minimum atomic E-state index is -0.621. The van der Waals surface area contributed by atoms with Crippen molar-refractivity contribution in [3.05, 3.63) is 52.0 Å². The van der Waals surface area contributed by atoms with E-state index in [1.807, 2.05) is 0 Å². The zero-order valence-corrected chi connectivity index (χ0v) is 13.1. The molecule has 0 heterocycles. The molecule has 3 nitrogen and oxygen atoms in total. The number of benzene rings is 2. The first kappa shape index (κ1) is 15.6. The molecule has 0 amide bonds. The van der Waals surface area contributed by atoms with Gasteiger partial charge in [0, 0.05) is 18.2 Å². The molecule has 0 aliphatic carbocycles. The zero-order chi connectivity index (χ0) is 15.4. The summed E-state index contributed by atoms with van der Waals surface area (Å²) >= 11 is 3.04. The van der Waals surface area contributed by atoms with Crippen LogP contribution in [0.2, 0.25) is 0 Å². The van der Waals surface area contributed by atoms with E-state index >= 15 is 0 Å². The Balaban J connectivity index is 2.26. The second kappa shape index (κ2) is 6.76. The summed E-state index contributed by atoms with van der Waals surface area (Å²) in [5.74, 6) is -0.0467. The van der Waals surface area contributed by atoms with Crippen LogP contribution in [0.5, 0.6) is 11.5 Å². The molecule has 0 bridgehead atoms. The highest BCUT2D eigenvalue weighted by Gasteiger charge is 2.13. The van der Waals surface area contributed by atoms with Crippen molar-refractivity contribution in [3.8, 4) is 11.5 Å². The van der Waals surface area contributed by atoms with Gasteiger partial charge in [-0.15, -0.1) is 0 Å². The highest BCUT2D eigenvalue weighted by molar-refractivity contribution is 9.10. The third-order valence-electron chi connectivity index (χ3n) is 3.00. The van der Waals surface area contributed by atoms with Gasteiger partial charge in [0.05, 0.1) is 24.4 Å². The van der Waals surface area contributed by atoms with E-state index in [0.29, 0.717) is 17.2 Å². The molecule has 0 saturated heterocycles. The van der Waals surface area contributed by atoms with Crippen molar-refractivity contribution >= 4 is 21.6 Å². The lowest BCUT2D eigenvalue weighted by Gasteiger charge is -2.13. The molecule has 1 N–H and O–H groups in total. The van der Waals surface area contributed by atoms with Crippen LogP contribution >= 0.6 is 15.9 Å². The molecule has 112 valence electrons. The monoisotopic (exact) mass is 357 g/mol. The molecule has 0 fully saturated rings. The first-order valence-electron chi connectivity index (χ1n) is 6.15. The Morgan fingerprint density at radius 1 is 1.10 bits per heavy atom. The zero-order valence-electron chi connectivity index (χ0n) is 11.5. The maximum Gasteiger partial charge on any atom is 0.145 e. The number of halogens is 3. The van der Waals surface area contributed by atoms with Crippen molar-refractivity contribution in [2.75, 3.05) is 19.5 Å². The molecule has 0 saturated carbocycles. The SMILES string of the molecule is COc1ccc(OC)c(NCc2c(F)ccc(Br)c2F)c1. The molecule has 0 aliphatic heterocycles. The smallest absolute Gasteiger partial charge is 0.145 e. The lowest BCUT2D eigenvalue weighted by atomic mass is 10.2. The Labute approximate surface area is 130 Å². The number of rotatable bonds is 5. The fourth-order valence-corrected chi connectivity index (χ4v) is 2.24. The molecular formula is C15H14BrF2NO2. The average molecular weight is 358 g/mol. The number of hydrogen-bond donors (Lipinski definition) is 1. The summed E-state index contributed by atoms with van der Waals surface area (Å²) in [5.41, 5.74) is 0.546. The van der Waals surface area contributed by atoms with Gasteiger partial charge in [0.25, 0.3) is 0 Å². The Kier molecular flexibility index (Phi) is 5.01. The minimum absolute atomic E-state index is 0.0133. The molecular weight excluding hydrogens is 344 g/mol. The fraction of sp³-hybridized carbons (Fsp3) is 0.200. The minimum Gasteiger partial charge on any atom is -0.497 e. The Bertz CT molecular complexity index is 650. The molecule has 2 aromatic carbocycles. The van der Waals surface area contributed by atoms with Gasteiger partial charge in [-0.2, -0.15) is 0 Å². The largest absolute Gasteiger partial charge is 0.497 e. The predicted molar refractivity (Wildman–Crippen MR) is 80.9 cm³/mol. The third kappa shape index (κ3) is 3.44. The van der Waals surface area contributed by atoms with E-state index in [2.05, 4.69) is 21.2 Å². The van der Waals surface area contributed by atoms with Gasteiger partial charge in [-0.1, -0.05) is 0 Å². The molecule has 6 heteroatoms. The molecule has 2 aromatic rings. The van der Waals surface area contributed by atoms with Crippen molar-refractivity contribution in [3.63, 3.8) is 0 Å². The second-order valence-electron chi connectivity index (χ2n) is 4.24. The lowest BCUT2D eigenvalue weighted by molar-refractivity contribution is 0.404. The van der Waals surface area contributed by atoms with Gasteiger partial charge in [0.1, 0.15) is 23.1 Å². The summed E-state index contributed by atoms with van der Waals surface area (Å²) in [5, 5.41) is 2.96. The number of nitrogens with one attached hydrogen (secondary N) is 1. The normalized spacial score (nSPS) is 10.3. The third-order valence-corrected chi connectivity index (χ3v) is 3.61. The van der Waals surface area contributed by atoms with Crippen molar-refractivity contribution in [1.82, 2.24) is 0 Å². The first-order valence-corrected chi connectivity index (χ1v) is 6.94. The van der Waals surface area contributed by atoms with Crippen LogP contribution in [0.3, 0.4) is 0 Å². The summed E-state index contributed by atoms with van der Waals surface area (Å²) < 4.78 is 38.2. The maximum absolute atomic E-state index is 13.9. The van der Waals surface area contributed by atoms with Crippen molar-refractivity contribution in [1.29, 1.82) is 0 Å². The Morgan fingerprint density at radius 2 is 1.86 bits per heavy atom. The van der Waals surface area contributed by atoms with Crippen LogP contribution in [0.25, 0.3) is 0 Å². The van der Waals surface area contributed by atoms with E-state index < -0.39 is 11.6 Å². The van der Waals surface area contributed by atoms with Crippen LogP contribution in [-0.4, -0.2) is 14.2 Å². The fourth-order valence-electron chi connectivity index (χ4n) is 1.87. The molecule has 0 atom stereocenters. The quantitative estimate of drug-likeness (QED) is 0.806. The van der Waals surface area contributed by atoms with Gasteiger partial charge in [-0.25, -0.2) is 8.78 Å². The molecule has 0 spiro atoms. The van der Waals surface area contributed by atoms with Gasteiger partial charge in [-0.05, 0) is 40.2 Å². The van der Waals surface area contributed by atoms with Crippen LogP contribution in [0.15, 0.2) is 34.8 Å². The standard InChI is InChI=1S/C15H14BrF2NO2/c1-20-9-3-6-14(21-2)13(7-9)19-8-10-12(17)5-4-11(16)15(10)18/h3-7,19H,8H2,1-2H3. The average Bonchev–Trinajstić information content (AvgIpc) is 2.50. The summed E-state index contributed by atoms with van der Waals surface area (Å²) in [7, 11) is 3.06. The number of ether oxygens (including phenoxy) is 2. The molecule has 0 aromatic heterocycles. The van der Waals surface area contributed by atoms with Gasteiger partial charge < -0.3 is 14.8 Å². The van der Waals surface area contributed by atoms with Crippen LogP contribution in [0.4, 0.5) is 14.5 Å². The van der Waals surface area contributed by atoms with Gasteiger partial charge in [0.15, 0.2) is 0 Å². The molecule has 0 radical (unpaired) electrons. The van der Waals surface area contributed by atoms with E-state index in [0.717, 1.165) is 0 Å². The maximum atomic E-state index is 13.9. The molecule has 2 rings (SSSR count). The number of hydrogen-bond acceptors (Lipinski definition) is 3. The second-order valence-corrected chi connectivity index (χ2v) is 5.10. The van der Waals surface area contributed by atoms with E-state index in [-0.39, 0.29) is 16.6 Å². The summed E-state index contributed by atoms with van der Waals surface area (Å²) in [6.07, 6.45) is 0. The van der Waals surface area contributed by atoms with Crippen LogP contribution in [-0.2, 0) is 6.54 Å². The van der Waals surface area contributed by atoms with Crippen LogP contribution in [0.1, 0.15) is 5.56 Å². The van der Waals surface area contributed by atoms with E-state index in [1.54, 1.807) is 25.3 Å². The van der Waals surface area contributed by atoms with Crippen molar-refractivity contribution in [2.45, 2.75) is 6.54 Å². The molecule has 0 aliphatic rings. The number of methoxy groups -OCH3 is 2. The van der Waals surface area contributed by atoms with Gasteiger partial charge >= 0.3 is 0 Å². The topological polar surface area (TPSA) is 30.5 Å². The summed E-state index contributed by atoms with van der Waals surface area (Å²) in [6.45, 7) is -0.0133. The van der Waals surface area contributed by atoms with Gasteiger partial charge in [0.2, 0.25) is 0 Å².